The van der Waals surface area contributed by atoms with Gasteiger partial charge in [-0.1, -0.05) is 11.6 Å². The van der Waals surface area contributed by atoms with Crippen LogP contribution in [-0.2, 0) is 14.1 Å². The summed E-state index contributed by atoms with van der Waals surface area (Å²) >= 11 is 6.29. The third-order valence-electron chi connectivity index (χ3n) is 3.43. The van der Waals surface area contributed by atoms with E-state index in [1.54, 1.807) is 26.4 Å². The van der Waals surface area contributed by atoms with Gasteiger partial charge in [-0.25, -0.2) is 14.5 Å². The van der Waals surface area contributed by atoms with Crippen molar-refractivity contribution in [1.82, 2.24) is 39.1 Å². The van der Waals surface area contributed by atoms with Gasteiger partial charge in [-0.2, -0.15) is 10.2 Å². The highest BCUT2D eigenvalue weighted by molar-refractivity contribution is 6.33. The Morgan fingerprint density at radius 1 is 1.10 bits per heavy atom. The predicted molar refractivity (Wildman–Crippen MR) is 77.0 cm³/mol. The minimum atomic E-state index is 0.515. The lowest BCUT2D eigenvalue weighted by Crippen LogP contribution is -1.96. The van der Waals surface area contributed by atoms with E-state index in [9.17, 15) is 0 Å². The third-order valence-corrected chi connectivity index (χ3v) is 3.88. The number of fused-ring (bicyclic) bond motifs is 3. The molecule has 0 saturated carbocycles. The lowest BCUT2D eigenvalue weighted by molar-refractivity contribution is 0.757. The maximum atomic E-state index is 6.29. The molecule has 4 aromatic heterocycles. The Morgan fingerprint density at radius 2 is 1.90 bits per heavy atom. The Balaban J connectivity index is 2.05. The minimum absolute atomic E-state index is 0.515. The first kappa shape index (κ1) is 12.3. The molecule has 0 N–H and O–H groups in total. The summed E-state index contributed by atoms with van der Waals surface area (Å²) in [5, 5.41) is 14.3. The molecule has 9 heteroatoms. The van der Waals surface area contributed by atoms with E-state index in [1.165, 1.54) is 0 Å². The van der Waals surface area contributed by atoms with Gasteiger partial charge in [-0.05, 0) is 6.92 Å². The third kappa shape index (κ3) is 1.59. The molecule has 0 fully saturated rings. The molecule has 0 unspecified atom stereocenters. The number of aromatic nitrogens is 8. The molecule has 0 spiro atoms. The van der Waals surface area contributed by atoms with Crippen LogP contribution >= 0.6 is 11.6 Å². The van der Waals surface area contributed by atoms with Crippen LogP contribution in [0.25, 0.3) is 28.2 Å². The second-order valence-corrected chi connectivity index (χ2v) is 5.20. The topological polar surface area (TPSA) is 78.7 Å². The number of hydrogen-bond acceptors (Lipinski definition) is 5. The molecule has 106 valence electrons. The van der Waals surface area contributed by atoms with Gasteiger partial charge in [0.25, 0.3) is 0 Å². The first-order chi connectivity index (χ1) is 10.1. The van der Waals surface area contributed by atoms with E-state index in [2.05, 4.69) is 25.3 Å². The maximum absolute atomic E-state index is 6.29. The molecule has 0 saturated heterocycles. The van der Waals surface area contributed by atoms with E-state index in [1.807, 2.05) is 21.0 Å². The number of aryl methyl sites for hydroxylation is 3. The van der Waals surface area contributed by atoms with Crippen LogP contribution in [0, 0.1) is 6.92 Å². The predicted octanol–water partition coefficient (Wildman–Crippen LogP) is 1.37. The summed E-state index contributed by atoms with van der Waals surface area (Å²) in [5.74, 6) is 0.515. The number of nitrogens with zero attached hydrogens (tertiary/aromatic N) is 8. The lowest BCUT2D eigenvalue weighted by atomic mass is 10.3. The zero-order chi connectivity index (χ0) is 14.7. The molecule has 21 heavy (non-hydrogen) atoms. The van der Waals surface area contributed by atoms with Crippen LogP contribution in [0.15, 0.2) is 12.5 Å². The standard InChI is InChI=1S/C12H11ClN8/c1-6-8(13)9(19(2)17-6)10-16-12-7-4-15-20(3)11(7)14-5-21(12)18-10/h4-5H,1-3H3. The first-order valence-corrected chi connectivity index (χ1v) is 6.66. The fourth-order valence-corrected chi connectivity index (χ4v) is 2.66. The van der Waals surface area contributed by atoms with Crippen LogP contribution in [0.4, 0.5) is 0 Å². The summed E-state index contributed by atoms with van der Waals surface area (Å²) in [6.07, 6.45) is 3.35. The average Bonchev–Trinajstić information content (AvgIpc) is 3.08. The second-order valence-electron chi connectivity index (χ2n) is 4.83. The van der Waals surface area contributed by atoms with Crippen molar-refractivity contribution >= 4 is 28.3 Å². The van der Waals surface area contributed by atoms with Crippen molar-refractivity contribution in [2.75, 3.05) is 0 Å². The van der Waals surface area contributed by atoms with Gasteiger partial charge >= 0.3 is 0 Å². The van der Waals surface area contributed by atoms with Crippen molar-refractivity contribution in [1.29, 1.82) is 0 Å². The zero-order valence-electron chi connectivity index (χ0n) is 11.6. The van der Waals surface area contributed by atoms with Crippen molar-refractivity contribution in [3.63, 3.8) is 0 Å². The molecule has 4 rings (SSSR count). The summed E-state index contributed by atoms with van der Waals surface area (Å²) in [7, 11) is 3.66. The summed E-state index contributed by atoms with van der Waals surface area (Å²) in [6.45, 7) is 1.85. The molecule has 0 amide bonds. The van der Waals surface area contributed by atoms with Crippen molar-refractivity contribution in [3.8, 4) is 11.5 Å². The van der Waals surface area contributed by atoms with E-state index < -0.39 is 0 Å². The minimum Gasteiger partial charge on any atom is -0.263 e. The molecule has 0 aromatic carbocycles. The average molecular weight is 303 g/mol. The normalized spacial score (nSPS) is 11.8. The lowest BCUT2D eigenvalue weighted by Gasteiger charge is -1.95. The molecule has 0 aliphatic carbocycles. The van der Waals surface area contributed by atoms with Crippen molar-refractivity contribution in [3.05, 3.63) is 23.2 Å². The Morgan fingerprint density at radius 3 is 2.62 bits per heavy atom. The number of hydrogen-bond donors (Lipinski definition) is 0. The van der Waals surface area contributed by atoms with Crippen LogP contribution in [0.5, 0.6) is 0 Å². The van der Waals surface area contributed by atoms with E-state index >= 15 is 0 Å². The van der Waals surface area contributed by atoms with E-state index in [0.29, 0.717) is 22.2 Å². The van der Waals surface area contributed by atoms with Gasteiger partial charge in [0.1, 0.15) is 12.0 Å². The summed E-state index contributed by atoms with van der Waals surface area (Å²) < 4.78 is 5.00. The van der Waals surface area contributed by atoms with Gasteiger partial charge in [-0.3, -0.25) is 9.36 Å². The van der Waals surface area contributed by atoms with E-state index in [0.717, 1.165) is 16.7 Å². The van der Waals surface area contributed by atoms with Crippen LogP contribution in [-0.4, -0.2) is 39.1 Å². The molecular weight excluding hydrogens is 292 g/mol. The highest BCUT2D eigenvalue weighted by atomic mass is 35.5. The quantitative estimate of drug-likeness (QED) is 0.530. The Hall–Kier alpha value is -2.48. The van der Waals surface area contributed by atoms with Gasteiger partial charge in [0.05, 0.1) is 22.3 Å². The van der Waals surface area contributed by atoms with Crippen molar-refractivity contribution < 1.29 is 0 Å². The molecule has 0 aliphatic heterocycles. The molecule has 0 bridgehead atoms. The highest BCUT2D eigenvalue weighted by Gasteiger charge is 2.19. The Kier molecular flexibility index (Phi) is 2.35. The molecule has 4 heterocycles. The Bertz CT molecular complexity index is 992. The summed E-state index contributed by atoms with van der Waals surface area (Å²) in [6, 6.07) is 0. The van der Waals surface area contributed by atoms with Gasteiger partial charge < -0.3 is 0 Å². The summed E-state index contributed by atoms with van der Waals surface area (Å²) in [4.78, 5) is 8.90. The van der Waals surface area contributed by atoms with Crippen LogP contribution in [0.1, 0.15) is 5.69 Å². The molecule has 0 radical (unpaired) electrons. The zero-order valence-corrected chi connectivity index (χ0v) is 12.4. The second kappa shape index (κ2) is 4.01. The van der Waals surface area contributed by atoms with Crippen molar-refractivity contribution in [2.24, 2.45) is 14.1 Å². The molecule has 4 aromatic rings. The smallest absolute Gasteiger partial charge is 0.202 e. The maximum Gasteiger partial charge on any atom is 0.202 e. The SMILES string of the molecule is Cc1nn(C)c(-c2nc3c4cnn(C)c4ncn3n2)c1Cl. The molecule has 8 nitrogen and oxygen atoms in total. The summed E-state index contributed by atoms with van der Waals surface area (Å²) in [5.41, 5.74) is 2.89. The van der Waals surface area contributed by atoms with Gasteiger partial charge in [0.15, 0.2) is 11.3 Å². The fourth-order valence-electron chi connectivity index (χ4n) is 2.41. The number of halogens is 1. The van der Waals surface area contributed by atoms with Crippen molar-refractivity contribution in [2.45, 2.75) is 6.92 Å². The molecule has 0 atom stereocenters. The van der Waals surface area contributed by atoms with E-state index in [4.69, 9.17) is 11.6 Å². The van der Waals surface area contributed by atoms with Gasteiger partial charge in [0, 0.05) is 14.1 Å². The van der Waals surface area contributed by atoms with Gasteiger partial charge in [-0.15, -0.1) is 5.10 Å². The highest BCUT2D eigenvalue weighted by Crippen LogP contribution is 2.28. The fraction of sp³-hybridized carbons (Fsp3) is 0.250. The number of rotatable bonds is 1. The van der Waals surface area contributed by atoms with Crippen LogP contribution in [0.2, 0.25) is 5.02 Å². The van der Waals surface area contributed by atoms with Crippen LogP contribution in [0.3, 0.4) is 0 Å². The van der Waals surface area contributed by atoms with Gasteiger partial charge in [0.2, 0.25) is 5.82 Å². The van der Waals surface area contributed by atoms with E-state index in [-0.39, 0.29) is 0 Å². The monoisotopic (exact) mass is 302 g/mol. The van der Waals surface area contributed by atoms with Crippen LogP contribution < -0.4 is 0 Å². The molecule has 0 aliphatic rings. The largest absolute Gasteiger partial charge is 0.263 e. The molecular formula is C12H11ClN8. The first-order valence-electron chi connectivity index (χ1n) is 6.29. The Labute approximate surface area is 124 Å².